The van der Waals surface area contributed by atoms with Crippen molar-refractivity contribution in [1.29, 1.82) is 0 Å². The molecule has 4 fully saturated rings. The van der Waals surface area contributed by atoms with E-state index in [1.165, 1.54) is 7.11 Å². The SMILES string of the molecule is COC(=O)N[C@H](C(=O)N1[C@H](C)CC[C@H]1c1ncc(-c2ccc(-c3ccc4cc(-c5cnc([C@@H]6CC[C@@H](C)N6C(=O)CC6CCOCC6)[nH]5)ccc4c3)cc2)[nH]1)C1CCOCC1. The van der Waals surface area contributed by atoms with Crippen molar-refractivity contribution < 1.29 is 28.6 Å². The molecule has 6 heterocycles. The highest BCUT2D eigenvalue weighted by Gasteiger charge is 2.43. The van der Waals surface area contributed by atoms with Gasteiger partial charge in [-0.05, 0) is 117 Å². The summed E-state index contributed by atoms with van der Waals surface area (Å²) in [7, 11) is 1.32. The van der Waals surface area contributed by atoms with E-state index in [0.717, 1.165) is 108 Å². The average Bonchev–Trinajstić information content (AvgIpc) is 4.13. The maximum atomic E-state index is 14.2. The molecule has 5 aromatic rings. The van der Waals surface area contributed by atoms with Crippen LogP contribution in [0.5, 0.6) is 0 Å². The standard InChI is InChI=1S/C48H57N7O6/c1-29-4-14-41(54(29)43(56)24-31-16-20-60-21-17-31)45-50-28-40(52-45)38-13-12-36-25-35(10-11-37(36)26-38)32-6-8-33(9-7-32)39-27-49-46(51-39)42-15-5-30(2)55(42)47(57)44(53-48(58)59-3)34-18-22-61-23-19-34/h6-13,25-31,34,41-42,44H,4-5,14-24H2,1-3H3,(H,49,51)(H,50,52)(H,53,58)/t29-,30-,41+,42+,44+/m1/s1. The molecule has 13 nitrogen and oxygen atoms in total. The number of fused-ring (bicyclic) bond motifs is 1. The number of carbonyl (C=O) groups excluding carboxylic acids is 3. The molecule has 4 saturated heterocycles. The third-order valence-corrected chi connectivity index (χ3v) is 13.6. The van der Waals surface area contributed by atoms with Gasteiger partial charge < -0.3 is 39.3 Å². The number of hydrogen-bond acceptors (Lipinski definition) is 8. The summed E-state index contributed by atoms with van der Waals surface area (Å²) in [6.07, 6.45) is 10.5. The van der Waals surface area contributed by atoms with Crippen molar-refractivity contribution in [2.45, 2.75) is 102 Å². The van der Waals surface area contributed by atoms with E-state index >= 15 is 0 Å². The van der Waals surface area contributed by atoms with Crippen LogP contribution in [0.15, 0.2) is 73.1 Å². The lowest BCUT2D eigenvalue weighted by Crippen LogP contribution is -2.54. The van der Waals surface area contributed by atoms with E-state index in [-0.39, 0.29) is 41.9 Å². The molecule has 3 amide bonds. The minimum atomic E-state index is -0.688. The third-order valence-electron chi connectivity index (χ3n) is 13.6. The van der Waals surface area contributed by atoms with E-state index in [4.69, 9.17) is 24.2 Å². The minimum Gasteiger partial charge on any atom is -0.453 e. The Morgan fingerprint density at radius 2 is 1.21 bits per heavy atom. The maximum absolute atomic E-state index is 14.2. The first-order chi connectivity index (χ1) is 29.7. The molecule has 0 bridgehead atoms. The molecule has 13 heteroatoms. The predicted molar refractivity (Wildman–Crippen MR) is 232 cm³/mol. The number of imidazole rings is 2. The second-order valence-electron chi connectivity index (χ2n) is 17.5. The van der Waals surface area contributed by atoms with Crippen molar-refractivity contribution in [3.05, 3.63) is 84.7 Å². The summed E-state index contributed by atoms with van der Waals surface area (Å²) in [6, 6.07) is 20.7. The summed E-state index contributed by atoms with van der Waals surface area (Å²) < 4.78 is 16.0. The van der Waals surface area contributed by atoms with Crippen LogP contribution in [0, 0.1) is 11.8 Å². The van der Waals surface area contributed by atoms with Crippen LogP contribution in [0.2, 0.25) is 0 Å². The Bertz CT molecular complexity index is 2350. The molecule has 0 radical (unpaired) electrons. The molecule has 61 heavy (non-hydrogen) atoms. The Labute approximate surface area is 357 Å². The number of ether oxygens (including phenoxy) is 3. The van der Waals surface area contributed by atoms with Gasteiger partial charge in [-0.15, -0.1) is 0 Å². The summed E-state index contributed by atoms with van der Waals surface area (Å²) in [5.74, 6) is 2.10. The number of carbonyl (C=O) groups is 3. The first-order valence-electron chi connectivity index (χ1n) is 22.1. The summed E-state index contributed by atoms with van der Waals surface area (Å²) in [5, 5.41) is 5.12. The number of benzene rings is 3. The second kappa shape index (κ2) is 17.8. The molecule has 0 saturated carbocycles. The zero-order valence-corrected chi connectivity index (χ0v) is 35.4. The highest BCUT2D eigenvalue weighted by Crippen LogP contribution is 2.39. The second-order valence-corrected chi connectivity index (χ2v) is 17.5. The van der Waals surface area contributed by atoms with Crippen LogP contribution in [-0.4, -0.2) is 99.3 Å². The van der Waals surface area contributed by atoms with E-state index in [0.29, 0.717) is 38.4 Å². The van der Waals surface area contributed by atoms with Gasteiger partial charge in [0.15, 0.2) is 0 Å². The predicted octanol–water partition coefficient (Wildman–Crippen LogP) is 8.36. The number of nitrogens with zero attached hydrogens (tertiary/aromatic N) is 4. The largest absolute Gasteiger partial charge is 0.453 e. The fourth-order valence-corrected chi connectivity index (χ4v) is 10.1. The van der Waals surface area contributed by atoms with Gasteiger partial charge in [0.1, 0.15) is 17.7 Å². The number of aromatic amines is 2. The lowest BCUT2D eigenvalue weighted by molar-refractivity contribution is -0.139. The van der Waals surface area contributed by atoms with E-state index in [2.05, 4.69) is 94.7 Å². The lowest BCUT2D eigenvalue weighted by atomic mass is 9.90. The summed E-state index contributed by atoms with van der Waals surface area (Å²) in [6.45, 7) is 6.84. The number of methoxy groups -OCH3 is 1. The van der Waals surface area contributed by atoms with E-state index < -0.39 is 12.1 Å². The molecular formula is C48H57N7O6. The van der Waals surface area contributed by atoms with E-state index in [9.17, 15) is 14.4 Å². The van der Waals surface area contributed by atoms with E-state index in [1.54, 1.807) is 0 Å². The van der Waals surface area contributed by atoms with Crippen LogP contribution in [0.25, 0.3) is 44.4 Å². The van der Waals surface area contributed by atoms with Crippen LogP contribution in [0.1, 0.15) is 95.4 Å². The number of amides is 3. The van der Waals surface area contributed by atoms with Gasteiger partial charge in [0, 0.05) is 50.5 Å². The quantitative estimate of drug-likeness (QED) is 0.127. The lowest BCUT2D eigenvalue weighted by Gasteiger charge is -2.36. The molecule has 320 valence electrons. The summed E-state index contributed by atoms with van der Waals surface area (Å²) in [5.41, 5.74) is 6.12. The van der Waals surface area contributed by atoms with Crippen molar-refractivity contribution >= 4 is 28.7 Å². The topological polar surface area (TPSA) is 155 Å². The zero-order valence-electron chi connectivity index (χ0n) is 35.4. The van der Waals surface area contributed by atoms with Gasteiger partial charge in [-0.25, -0.2) is 14.8 Å². The highest BCUT2D eigenvalue weighted by molar-refractivity contribution is 5.91. The average molecular weight is 828 g/mol. The number of rotatable bonds is 10. The first-order valence-corrected chi connectivity index (χ1v) is 22.1. The van der Waals surface area contributed by atoms with Gasteiger partial charge in [-0.2, -0.15) is 0 Å². The van der Waals surface area contributed by atoms with Gasteiger partial charge in [0.05, 0.1) is 43.0 Å². The van der Waals surface area contributed by atoms with Crippen molar-refractivity contribution in [2.24, 2.45) is 11.8 Å². The van der Waals surface area contributed by atoms with Gasteiger partial charge in [-0.3, -0.25) is 9.59 Å². The number of aromatic nitrogens is 4. The number of hydrogen-bond donors (Lipinski definition) is 3. The molecule has 4 aliphatic heterocycles. The normalized spacial score (nSPS) is 23.1. The molecule has 5 atom stereocenters. The van der Waals surface area contributed by atoms with Crippen LogP contribution in [0.3, 0.4) is 0 Å². The zero-order chi connectivity index (χ0) is 42.0. The molecular weight excluding hydrogens is 771 g/mol. The summed E-state index contributed by atoms with van der Waals surface area (Å²) >= 11 is 0. The number of nitrogens with one attached hydrogen (secondary N) is 3. The maximum Gasteiger partial charge on any atom is 0.407 e. The molecule has 0 spiro atoms. The Balaban J connectivity index is 0.869. The van der Waals surface area contributed by atoms with Gasteiger partial charge in [0.2, 0.25) is 11.8 Å². The smallest absolute Gasteiger partial charge is 0.407 e. The minimum absolute atomic E-state index is 0.00129. The molecule has 0 aliphatic carbocycles. The fourth-order valence-electron chi connectivity index (χ4n) is 10.1. The molecule has 2 aromatic heterocycles. The molecule has 3 N–H and O–H groups in total. The van der Waals surface area contributed by atoms with Crippen LogP contribution < -0.4 is 5.32 Å². The highest BCUT2D eigenvalue weighted by atomic mass is 16.5. The van der Waals surface area contributed by atoms with Crippen molar-refractivity contribution in [3.63, 3.8) is 0 Å². The molecule has 0 unspecified atom stereocenters. The van der Waals surface area contributed by atoms with E-state index in [1.807, 2.05) is 17.3 Å². The monoisotopic (exact) mass is 827 g/mol. The molecule has 3 aromatic carbocycles. The van der Waals surface area contributed by atoms with Crippen molar-refractivity contribution in [1.82, 2.24) is 35.1 Å². The molecule has 9 rings (SSSR count). The van der Waals surface area contributed by atoms with Crippen LogP contribution >= 0.6 is 0 Å². The number of likely N-dealkylation sites (tertiary alicyclic amines) is 2. The Morgan fingerprint density at radius 3 is 1.85 bits per heavy atom. The van der Waals surface area contributed by atoms with Gasteiger partial charge >= 0.3 is 6.09 Å². The first kappa shape index (κ1) is 40.9. The number of alkyl carbamates (subject to hydrolysis) is 1. The van der Waals surface area contributed by atoms with Gasteiger partial charge in [-0.1, -0.05) is 48.5 Å². The number of H-pyrrole nitrogens is 2. The van der Waals surface area contributed by atoms with Crippen LogP contribution in [0.4, 0.5) is 4.79 Å². The van der Waals surface area contributed by atoms with Crippen molar-refractivity contribution in [3.8, 4) is 33.6 Å². The van der Waals surface area contributed by atoms with Crippen molar-refractivity contribution in [2.75, 3.05) is 33.5 Å². The Morgan fingerprint density at radius 1 is 0.689 bits per heavy atom. The van der Waals surface area contributed by atoms with Gasteiger partial charge in [0.25, 0.3) is 0 Å². The van der Waals surface area contributed by atoms with Crippen LogP contribution in [-0.2, 0) is 23.8 Å². The fraction of sp³-hybridized carbons (Fsp3) is 0.479. The Hall–Kier alpha value is -5.53. The summed E-state index contributed by atoms with van der Waals surface area (Å²) in [4.78, 5) is 60.7. The molecule has 4 aliphatic rings. The third kappa shape index (κ3) is 8.55. The Kier molecular flexibility index (Phi) is 11.9.